The van der Waals surface area contributed by atoms with Gasteiger partial charge in [0, 0.05) is 19.7 Å². The molecule has 116 valence electrons. The summed E-state index contributed by atoms with van der Waals surface area (Å²) in [6.45, 7) is 4.85. The summed E-state index contributed by atoms with van der Waals surface area (Å²) in [7, 11) is 1.89. The number of hydrogen-bond acceptors (Lipinski definition) is 5. The highest BCUT2D eigenvalue weighted by Crippen LogP contribution is 2.02. The van der Waals surface area contributed by atoms with Gasteiger partial charge in [-0.15, -0.1) is 0 Å². The molecule has 21 heavy (non-hydrogen) atoms. The van der Waals surface area contributed by atoms with Crippen LogP contribution in [-0.4, -0.2) is 50.3 Å². The molecule has 1 heterocycles. The van der Waals surface area contributed by atoms with Gasteiger partial charge in [-0.05, 0) is 19.5 Å². The predicted octanol–water partition coefficient (Wildman–Crippen LogP) is 0.770. The van der Waals surface area contributed by atoms with Crippen molar-refractivity contribution in [1.82, 2.24) is 10.2 Å². The summed E-state index contributed by atoms with van der Waals surface area (Å²) in [6.07, 6.45) is -0.381. The van der Waals surface area contributed by atoms with E-state index in [0.29, 0.717) is 19.7 Å². The van der Waals surface area contributed by atoms with Gasteiger partial charge < -0.3 is 14.8 Å². The van der Waals surface area contributed by atoms with Crippen LogP contribution >= 0.6 is 0 Å². The Kier molecular flexibility index (Phi) is 8.08. The molecule has 1 N–H and O–H groups in total. The van der Waals surface area contributed by atoms with Crippen LogP contribution in [0.1, 0.15) is 12.5 Å². The fourth-order valence-electron chi connectivity index (χ4n) is 1.83. The summed E-state index contributed by atoms with van der Waals surface area (Å²) in [5, 5.41) is 2.74. The average Bonchev–Trinajstić information content (AvgIpc) is 2.51. The normalized spacial score (nSPS) is 18.2. The summed E-state index contributed by atoms with van der Waals surface area (Å²) in [5.41, 5.74) is 1.01. The number of nitrogens with zero attached hydrogens (tertiary/aromatic N) is 1. The van der Waals surface area contributed by atoms with Gasteiger partial charge in [-0.3, -0.25) is 14.5 Å². The molecule has 6 nitrogen and oxygen atoms in total. The van der Waals surface area contributed by atoms with Crippen LogP contribution in [0.4, 0.5) is 0 Å². The first-order valence-electron chi connectivity index (χ1n) is 6.87. The minimum atomic E-state index is -0.381. The van der Waals surface area contributed by atoms with Crippen molar-refractivity contribution in [2.24, 2.45) is 0 Å². The van der Waals surface area contributed by atoms with Gasteiger partial charge >= 0.3 is 0 Å². The van der Waals surface area contributed by atoms with Crippen molar-refractivity contribution in [1.29, 1.82) is 0 Å². The quantitative estimate of drug-likeness (QED) is 0.813. The van der Waals surface area contributed by atoms with Crippen molar-refractivity contribution in [2.45, 2.75) is 19.8 Å². The van der Waals surface area contributed by atoms with Crippen molar-refractivity contribution in [2.75, 3.05) is 26.7 Å². The molecular formula is C15H22N2O4. The minimum Gasteiger partial charge on any atom is -0.463 e. The number of rotatable bonds is 5. The minimum absolute atomic E-state index is 0.0272. The second-order valence-electron chi connectivity index (χ2n) is 4.47. The molecule has 0 saturated carbocycles. The second-order valence-corrected chi connectivity index (χ2v) is 4.47. The zero-order valence-corrected chi connectivity index (χ0v) is 12.5. The van der Waals surface area contributed by atoms with Crippen LogP contribution < -0.4 is 5.32 Å². The number of nitrogens with one attached hydrogen (secondary N) is 1. The monoisotopic (exact) mass is 294 g/mol. The van der Waals surface area contributed by atoms with E-state index in [4.69, 9.17) is 4.74 Å². The fourth-order valence-corrected chi connectivity index (χ4v) is 1.83. The Bertz CT molecular complexity index is 425. The molecule has 1 amide bonds. The van der Waals surface area contributed by atoms with Crippen LogP contribution in [0.5, 0.6) is 0 Å². The number of amides is 1. The zero-order chi connectivity index (χ0) is 15.5. The van der Waals surface area contributed by atoms with E-state index in [1.54, 1.807) is 0 Å². The summed E-state index contributed by atoms with van der Waals surface area (Å²) in [4.78, 5) is 22.8. The lowest BCUT2D eigenvalue weighted by molar-refractivity contribution is -0.148. The van der Waals surface area contributed by atoms with E-state index in [0.717, 1.165) is 18.7 Å². The lowest BCUT2D eigenvalue weighted by atomic mass is 10.2. The van der Waals surface area contributed by atoms with E-state index >= 15 is 0 Å². The Morgan fingerprint density at radius 3 is 2.67 bits per heavy atom. The van der Waals surface area contributed by atoms with Gasteiger partial charge in [-0.2, -0.15) is 0 Å². The van der Waals surface area contributed by atoms with Crippen molar-refractivity contribution < 1.29 is 19.1 Å². The van der Waals surface area contributed by atoms with Gasteiger partial charge in [0.25, 0.3) is 12.4 Å². The third-order valence-corrected chi connectivity index (χ3v) is 2.87. The summed E-state index contributed by atoms with van der Waals surface area (Å²) in [6, 6.07) is 9.55. The molecule has 1 fully saturated rings. The maximum atomic E-state index is 11.1. The summed E-state index contributed by atoms with van der Waals surface area (Å²) < 4.78 is 9.76. The van der Waals surface area contributed by atoms with Gasteiger partial charge in [0.05, 0.1) is 0 Å². The van der Waals surface area contributed by atoms with Gasteiger partial charge in [0.2, 0.25) is 0 Å². The predicted molar refractivity (Wildman–Crippen MR) is 78.3 cm³/mol. The third-order valence-electron chi connectivity index (χ3n) is 2.87. The van der Waals surface area contributed by atoms with Gasteiger partial charge in [-0.1, -0.05) is 30.3 Å². The first-order valence-corrected chi connectivity index (χ1v) is 6.87. The molecule has 0 spiro atoms. The van der Waals surface area contributed by atoms with E-state index in [1.807, 2.05) is 49.2 Å². The number of ether oxygens (including phenoxy) is 2. The molecule has 1 saturated heterocycles. The number of benzene rings is 1. The topological polar surface area (TPSA) is 67.9 Å². The zero-order valence-electron chi connectivity index (χ0n) is 12.5. The van der Waals surface area contributed by atoms with E-state index in [2.05, 4.69) is 10.1 Å². The van der Waals surface area contributed by atoms with Crippen molar-refractivity contribution >= 4 is 12.4 Å². The number of likely N-dealkylation sites (N-methyl/N-ethyl adjacent to an activating group) is 1. The fraction of sp³-hybridized carbons (Fsp3) is 0.467. The molecular weight excluding hydrogens is 272 g/mol. The van der Waals surface area contributed by atoms with Gasteiger partial charge in [0.15, 0.2) is 6.23 Å². The Balaban J connectivity index is 0.000000211. The number of carbonyl (C=O) groups is 2. The first kappa shape index (κ1) is 17.1. The van der Waals surface area contributed by atoms with Crippen LogP contribution in [0.15, 0.2) is 30.3 Å². The number of carbonyl (C=O) groups excluding carboxylic acids is 2. The molecule has 1 aromatic carbocycles. The maximum Gasteiger partial charge on any atom is 0.293 e. The van der Waals surface area contributed by atoms with Crippen LogP contribution in [0.3, 0.4) is 0 Å². The van der Waals surface area contributed by atoms with Crippen molar-refractivity contribution in [3.8, 4) is 0 Å². The van der Waals surface area contributed by atoms with Crippen LogP contribution in [0.2, 0.25) is 0 Å². The van der Waals surface area contributed by atoms with E-state index in [9.17, 15) is 9.59 Å². The number of hydrogen-bond donors (Lipinski definition) is 1. The smallest absolute Gasteiger partial charge is 0.293 e. The number of piperazine rings is 1. The van der Waals surface area contributed by atoms with E-state index < -0.39 is 0 Å². The van der Waals surface area contributed by atoms with Crippen LogP contribution in [-0.2, 0) is 25.7 Å². The highest BCUT2D eigenvalue weighted by atomic mass is 16.5. The molecule has 0 radical (unpaired) electrons. The molecule has 6 heteroatoms. The first-order chi connectivity index (χ1) is 10.2. The third kappa shape index (κ3) is 6.37. The molecule has 1 atom stereocenters. The van der Waals surface area contributed by atoms with E-state index in [-0.39, 0.29) is 12.1 Å². The standard InChI is InChI=1S/C8H8O2.C7H14N2O2/c9-7-10-6-8-4-2-1-3-5-8;1-3-11-7-6(10)8-4-5-9(7)2/h1-5,7H,6H2;7H,3-5H2,1-2H3,(H,8,10). The van der Waals surface area contributed by atoms with Crippen molar-refractivity contribution in [3.05, 3.63) is 35.9 Å². The van der Waals surface area contributed by atoms with Crippen molar-refractivity contribution in [3.63, 3.8) is 0 Å². The molecule has 1 aromatic rings. The molecule has 2 rings (SSSR count). The summed E-state index contributed by atoms with van der Waals surface area (Å²) >= 11 is 0. The molecule has 1 aliphatic heterocycles. The van der Waals surface area contributed by atoms with Crippen LogP contribution in [0, 0.1) is 0 Å². The highest BCUT2D eigenvalue weighted by Gasteiger charge is 2.26. The summed E-state index contributed by atoms with van der Waals surface area (Å²) in [5.74, 6) is -0.0272. The lowest BCUT2D eigenvalue weighted by Crippen LogP contribution is -2.54. The SMILES string of the molecule is CCOC1C(=O)NCCN1C.O=COCc1ccccc1. The van der Waals surface area contributed by atoms with Gasteiger partial charge in [-0.25, -0.2) is 0 Å². The Hall–Kier alpha value is -1.92. The molecule has 0 bridgehead atoms. The molecule has 0 aliphatic carbocycles. The maximum absolute atomic E-state index is 11.1. The van der Waals surface area contributed by atoms with E-state index in [1.165, 1.54) is 0 Å². The largest absolute Gasteiger partial charge is 0.463 e. The molecule has 0 aromatic heterocycles. The molecule has 1 aliphatic rings. The Labute approximate surface area is 125 Å². The van der Waals surface area contributed by atoms with Gasteiger partial charge in [0.1, 0.15) is 6.61 Å². The second kappa shape index (κ2) is 9.90. The van der Waals surface area contributed by atoms with Crippen LogP contribution in [0.25, 0.3) is 0 Å². The Morgan fingerprint density at radius 2 is 2.10 bits per heavy atom. The Morgan fingerprint density at radius 1 is 1.38 bits per heavy atom. The molecule has 1 unspecified atom stereocenters. The highest BCUT2D eigenvalue weighted by molar-refractivity contribution is 5.81. The lowest BCUT2D eigenvalue weighted by Gasteiger charge is -2.30. The average molecular weight is 294 g/mol.